The lowest BCUT2D eigenvalue weighted by Crippen LogP contribution is -2.44. The molecule has 0 aliphatic carbocycles. The number of fused-ring (bicyclic) bond motifs is 1. The summed E-state index contributed by atoms with van der Waals surface area (Å²) in [4.78, 5) is 13.1. The number of aromatic nitrogens is 2. The first-order valence-electron chi connectivity index (χ1n) is 5.96. The Kier molecular flexibility index (Phi) is 2.65. The summed E-state index contributed by atoms with van der Waals surface area (Å²) in [5.41, 5.74) is 2.29. The molecule has 1 saturated heterocycles. The minimum Gasteiger partial charge on any atom is -0.369 e. The highest BCUT2D eigenvalue weighted by molar-refractivity contribution is 5.81. The van der Waals surface area contributed by atoms with Crippen LogP contribution in [0.5, 0.6) is 0 Å². The van der Waals surface area contributed by atoms with Gasteiger partial charge in [0.2, 0.25) is 0 Å². The Morgan fingerprint density at radius 1 is 1.12 bits per heavy atom. The van der Waals surface area contributed by atoms with Crippen molar-refractivity contribution in [2.24, 2.45) is 0 Å². The highest BCUT2D eigenvalue weighted by Gasteiger charge is 2.14. The number of rotatable bonds is 1. The smallest absolute Gasteiger partial charge is 0.116 e. The largest absolute Gasteiger partial charge is 0.369 e. The van der Waals surface area contributed by atoms with Gasteiger partial charge in [0, 0.05) is 43.4 Å². The number of piperazine rings is 1. The van der Waals surface area contributed by atoms with Gasteiger partial charge < -0.3 is 9.80 Å². The molecule has 0 saturated carbocycles. The molecule has 0 amide bonds. The number of hydrogen-bond donors (Lipinski definition) is 0. The molecule has 1 aromatic carbocycles. The van der Waals surface area contributed by atoms with E-state index in [4.69, 9.17) is 0 Å². The Morgan fingerprint density at radius 3 is 2.76 bits per heavy atom. The van der Waals surface area contributed by atoms with Crippen molar-refractivity contribution in [2.75, 3.05) is 38.1 Å². The van der Waals surface area contributed by atoms with Crippen LogP contribution < -0.4 is 4.90 Å². The van der Waals surface area contributed by atoms with Crippen molar-refractivity contribution < 1.29 is 0 Å². The Hall–Kier alpha value is -1.68. The van der Waals surface area contributed by atoms with E-state index in [0.717, 1.165) is 37.1 Å². The summed E-state index contributed by atoms with van der Waals surface area (Å²) >= 11 is 0. The minimum atomic E-state index is 1.01. The van der Waals surface area contributed by atoms with Gasteiger partial charge in [-0.15, -0.1) is 0 Å². The van der Waals surface area contributed by atoms with Crippen molar-refractivity contribution in [3.8, 4) is 0 Å². The van der Waals surface area contributed by atoms with Crippen LogP contribution in [0.25, 0.3) is 10.9 Å². The molecular formula is C13H16N4. The second-order valence-corrected chi connectivity index (χ2v) is 4.56. The third-order valence-corrected chi connectivity index (χ3v) is 3.36. The zero-order valence-corrected chi connectivity index (χ0v) is 10.0. The first-order chi connectivity index (χ1) is 8.33. The lowest BCUT2D eigenvalue weighted by Gasteiger charge is -2.34. The summed E-state index contributed by atoms with van der Waals surface area (Å²) in [5.74, 6) is 0. The fourth-order valence-corrected chi connectivity index (χ4v) is 2.23. The lowest BCUT2D eigenvalue weighted by molar-refractivity contribution is 0.313. The van der Waals surface area contributed by atoms with Gasteiger partial charge in [-0.2, -0.15) is 0 Å². The maximum Gasteiger partial charge on any atom is 0.116 e. The van der Waals surface area contributed by atoms with Crippen LogP contribution >= 0.6 is 0 Å². The van der Waals surface area contributed by atoms with Crippen LogP contribution in [0, 0.1) is 0 Å². The summed E-state index contributed by atoms with van der Waals surface area (Å²) in [7, 11) is 2.17. The number of hydrogen-bond acceptors (Lipinski definition) is 4. The van der Waals surface area contributed by atoms with E-state index < -0.39 is 0 Å². The van der Waals surface area contributed by atoms with Gasteiger partial charge in [-0.25, -0.2) is 9.97 Å². The molecule has 1 aromatic heterocycles. The predicted octanol–water partition coefficient (Wildman–Crippen LogP) is 1.38. The number of nitrogens with zero attached hydrogens (tertiary/aromatic N) is 4. The maximum absolute atomic E-state index is 4.24. The summed E-state index contributed by atoms with van der Waals surface area (Å²) < 4.78 is 0. The highest BCUT2D eigenvalue weighted by atomic mass is 15.2. The van der Waals surface area contributed by atoms with Gasteiger partial charge >= 0.3 is 0 Å². The molecule has 0 radical (unpaired) electrons. The van der Waals surface area contributed by atoms with Crippen molar-refractivity contribution in [2.45, 2.75) is 0 Å². The van der Waals surface area contributed by atoms with E-state index in [2.05, 4.69) is 45.0 Å². The summed E-state index contributed by atoms with van der Waals surface area (Å²) in [6.07, 6.45) is 3.47. The van der Waals surface area contributed by atoms with Gasteiger partial charge in [-0.05, 0) is 25.2 Å². The minimum absolute atomic E-state index is 1.01. The van der Waals surface area contributed by atoms with E-state index in [1.165, 1.54) is 5.69 Å². The molecule has 0 atom stereocenters. The molecule has 0 spiro atoms. The van der Waals surface area contributed by atoms with Gasteiger partial charge in [0.15, 0.2) is 0 Å². The summed E-state index contributed by atoms with van der Waals surface area (Å²) in [6, 6.07) is 6.41. The SMILES string of the molecule is CN1CCN(c2ccc3ncncc3c2)CC1. The zero-order valence-electron chi connectivity index (χ0n) is 10.0. The molecule has 1 aliphatic rings. The predicted molar refractivity (Wildman–Crippen MR) is 69.2 cm³/mol. The Labute approximate surface area is 101 Å². The molecule has 0 bridgehead atoms. The number of anilines is 1. The molecule has 0 unspecified atom stereocenters. The topological polar surface area (TPSA) is 32.3 Å². The van der Waals surface area contributed by atoms with Crippen molar-refractivity contribution >= 4 is 16.6 Å². The second-order valence-electron chi connectivity index (χ2n) is 4.56. The first kappa shape index (κ1) is 10.5. The van der Waals surface area contributed by atoms with Crippen molar-refractivity contribution in [1.29, 1.82) is 0 Å². The third kappa shape index (κ3) is 2.08. The number of benzene rings is 1. The molecule has 17 heavy (non-hydrogen) atoms. The molecule has 1 aliphatic heterocycles. The Bertz CT molecular complexity index is 518. The van der Waals surface area contributed by atoms with Crippen LogP contribution in [0.1, 0.15) is 0 Å². The molecule has 4 heteroatoms. The molecule has 4 nitrogen and oxygen atoms in total. The monoisotopic (exact) mass is 228 g/mol. The van der Waals surface area contributed by atoms with E-state index in [-0.39, 0.29) is 0 Å². The lowest BCUT2D eigenvalue weighted by atomic mass is 10.2. The van der Waals surface area contributed by atoms with E-state index >= 15 is 0 Å². The Morgan fingerprint density at radius 2 is 1.94 bits per heavy atom. The molecular weight excluding hydrogens is 212 g/mol. The summed E-state index contributed by atoms with van der Waals surface area (Å²) in [5, 5.41) is 1.11. The van der Waals surface area contributed by atoms with Crippen molar-refractivity contribution in [3.63, 3.8) is 0 Å². The Balaban J connectivity index is 1.90. The van der Waals surface area contributed by atoms with Gasteiger partial charge in [0.1, 0.15) is 6.33 Å². The average molecular weight is 228 g/mol. The van der Waals surface area contributed by atoms with Crippen LogP contribution in [0.2, 0.25) is 0 Å². The van der Waals surface area contributed by atoms with Crippen LogP contribution in [-0.4, -0.2) is 48.1 Å². The van der Waals surface area contributed by atoms with Gasteiger partial charge in [0.05, 0.1) is 5.52 Å². The molecule has 2 heterocycles. The number of likely N-dealkylation sites (N-methyl/N-ethyl adjacent to an activating group) is 1. The van der Waals surface area contributed by atoms with Gasteiger partial charge in [0.25, 0.3) is 0 Å². The molecule has 88 valence electrons. The van der Waals surface area contributed by atoms with E-state index in [0.29, 0.717) is 0 Å². The maximum atomic E-state index is 4.24. The van der Waals surface area contributed by atoms with Crippen LogP contribution in [0.15, 0.2) is 30.7 Å². The van der Waals surface area contributed by atoms with Crippen LogP contribution in [0.3, 0.4) is 0 Å². The highest BCUT2D eigenvalue weighted by Crippen LogP contribution is 2.21. The fourth-order valence-electron chi connectivity index (χ4n) is 2.23. The van der Waals surface area contributed by atoms with Crippen LogP contribution in [-0.2, 0) is 0 Å². The molecule has 0 N–H and O–H groups in total. The molecule has 3 rings (SSSR count). The first-order valence-corrected chi connectivity index (χ1v) is 5.96. The van der Waals surface area contributed by atoms with Crippen molar-refractivity contribution in [3.05, 3.63) is 30.7 Å². The molecule has 2 aromatic rings. The van der Waals surface area contributed by atoms with Gasteiger partial charge in [-0.3, -0.25) is 0 Å². The van der Waals surface area contributed by atoms with Crippen molar-refractivity contribution in [1.82, 2.24) is 14.9 Å². The fraction of sp³-hybridized carbons (Fsp3) is 0.385. The normalized spacial score (nSPS) is 17.6. The average Bonchev–Trinajstić information content (AvgIpc) is 2.39. The second kappa shape index (κ2) is 4.30. The third-order valence-electron chi connectivity index (χ3n) is 3.36. The van der Waals surface area contributed by atoms with E-state index in [1.54, 1.807) is 6.33 Å². The molecule has 1 fully saturated rings. The standard InChI is InChI=1S/C13H16N4/c1-16-4-6-17(7-5-16)12-2-3-13-11(8-12)9-14-10-15-13/h2-3,8-10H,4-7H2,1H3. The van der Waals surface area contributed by atoms with E-state index in [1.807, 2.05) is 6.20 Å². The van der Waals surface area contributed by atoms with Gasteiger partial charge in [-0.1, -0.05) is 0 Å². The van der Waals surface area contributed by atoms with E-state index in [9.17, 15) is 0 Å². The summed E-state index contributed by atoms with van der Waals surface area (Å²) in [6.45, 7) is 4.44. The zero-order chi connectivity index (χ0) is 11.7. The van der Waals surface area contributed by atoms with Crippen LogP contribution in [0.4, 0.5) is 5.69 Å². The quantitative estimate of drug-likeness (QED) is 0.738.